The number of nitrogens with one attached hydrogen (secondary N) is 1. The predicted molar refractivity (Wildman–Crippen MR) is 106 cm³/mol. The van der Waals surface area contributed by atoms with Gasteiger partial charge in [0.05, 0.1) is 21.3 Å². The van der Waals surface area contributed by atoms with Crippen LogP contribution in [0.4, 0.5) is 5.69 Å². The lowest BCUT2D eigenvalue weighted by Gasteiger charge is -2.16. The molecule has 0 amide bonds. The van der Waals surface area contributed by atoms with Crippen LogP contribution >= 0.6 is 22.7 Å². The summed E-state index contributed by atoms with van der Waals surface area (Å²) in [6, 6.07) is 9.30. The zero-order chi connectivity index (χ0) is 18.2. The van der Waals surface area contributed by atoms with Crippen LogP contribution in [0.2, 0.25) is 0 Å². The van der Waals surface area contributed by atoms with E-state index in [0.29, 0.717) is 9.90 Å². The predicted octanol–water partition coefficient (Wildman–Crippen LogP) is 5.41. The molecule has 132 valence electrons. The highest BCUT2D eigenvalue weighted by atomic mass is 32.2. The number of hydrogen-bond donors (Lipinski definition) is 1. The highest BCUT2D eigenvalue weighted by Gasteiger charge is 2.21. The third-order valence-electron chi connectivity index (χ3n) is 3.88. The summed E-state index contributed by atoms with van der Waals surface area (Å²) in [6.45, 7) is 7.97. The number of sulfonamides is 1. The van der Waals surface area contributed by atoms with E-state index in [1.54, 1.807) is 17.4 Å². The third kappa shape index (κ3) is 3.78. The molecule has 0 radical (unpaired) electrons. The largest absolute Gasteiger partial charge is 0.278 e. The average molecular weight is 393 g/mol. The quantitative estimate of drug-likeness (QED) is 0.631. The lowest BCUT2D eigenvalue weighted by molar-refractivity contribution is 0.603. The average Bonchev–Trinajstić information content (AvgIpc) is 3.18. The minimum Gasteiger partial charge on any atom is -0.278 e. The molecule has 0 unspecified atom stereocenters. The Morgan fingerprint density at radius 2 is 1.88 bits per heavy atom. The maximum Gasteiger partial charge on any atom is 0.271 e. The second-order valence-corrected chi connectivity index (χ2v) is 10.2. The van der Waals surface area contributed by atoms with Crippen LogP contribution in [-0.2, 0) is 10.0 Å². The molecule has 1 N–H and O–H groups in total. The van der Waals surface area contributed by atoms with Gasteiger partial charge in [0.15, 0.2) is 0 Å². The number of anilines is 1. The summed E-state index contributed by atoms with van der Waals surface area (Å²) in [5.74, 6) is 0.231. The Morgan fingerprint density at radius 1 is 1.12 bits per heavy atom. The second-order valence-electron chi connectivity index (χ2n) is 6.17. The van der Waals surface area contributed by atoms with E-state index in [0.717, 1.165) is 26.7 Å². The summed E-state index contributed by atoms with van der Waals surface area (Å²) in [4.78, 5) is 5.29. The summed E-state index contributed by atoms with van der Waals surface area (Å²) in [5.41, 5.74) is 3.42. The number of thiophene rings is 1. The summed E-state index contributed by atoms with van der Waals surface area (Å²) >= 11 is 2.80. The topological polar surface area (TPSA) is 59.1 Å². The van der Waals surface area contributed by atoms with Gasteiger partial charge in [0.2, 0.25) is 0 Å². The molecule has 0 atom stereocenters. The van der Waals surface area contributed by atoms with Gasteiger partial charge in [-0.15, -0.1) is 22.7 Å². The van der Waals surface area contributed by atoms with Gasteiger partial charge in [0.25, 0.3) is 10.0 Å². The molecule has 0 spiro atoms. The Kier molecular flexibility index (Phi) is 4.99. The van der Waals surface area contributed by atoms with Gasteiger partial charge in [0.1, 0.15) is 4.21 Å². The van der Waals surface area contributed by atoms with Crippen molar-refractivity contribution in [2.75, 3.05) is 4.72 Å². The lowest BCUT2D eigenvalue weighted by Crippen LogP contribution is -2.14. The summed E-state index contributed by atoms with van der Waals surface area (Å²) < 4.78 is 28.8. The molecule has 3 aromatic rings. The van der Waals surface area contributed by atoms with Crippen molar-refractivity contribution >= 4 is 38.4 Å². The van der Waals surface area contributed by atoms with Crippen molar-refractivity contribution < 1.29 is 8.42 Å². The van der Waals surface area contributed by atoms with E-state index in [-0.39, 0.29) is 5.92 Å². The smallest absolute Gasteiger partial charge is 0.271 e. The zero-order valence-electron chi connectivity index (χ0n) is 14.5. The van der Waals surface area contributed by atoms with E-state index in [1.165, 1.54) is 11.3 Å². The number of rotatable bonds is 5. The Hall–Kier alpha value is -1.70. The van der Waals surface area contributed by atoms with E-state index >= 15 is 0 Å². The maximum absolute atomic E-state index is 12.9. The molecule has 0 aliphatic heterocycles. The minimum atomic E-state index is -3.63. The second kappa shape index (κ2) is 6.90. The molecule has 0 aliphatic carbocycles. The van der Waals surface area contributed by atoms with Crippen LogP contribution in [0.25, 0.3) is 10.6 Å². The van der Waals surface area contributed by atoms with Gasteiger partial charge in [-0.1, -0.05) is 32.0 Å². The van der Waals surface area contributed by atoms with Crippen molar-refractivity contribution in [1.29, 1.82) is 0 Å². The first-order valence-corrected chi connectivity index (χ1v) is 11.1. The highest BCUT2D eigenvalue weighted by Crippen LogP contribution is 2.34. The molecule has 25 heavy (non-hydrogen) atoms. The van der Waals surface area contributed by atoms with Crippen LogP contribution in [0.5, 0.6) is 0 Å². The van der Waals surface area contributed by atoms with Crippen LogP contribution in [0.3, 0.4) is 0 Å². The number of thiazole rings is 1. The van der Waals surface area contributed by atoms with Crippen LogP contribution in [0, 0.1) is 13.8 Å². The standard InChI is InChI=1S/C18H20N2O2S3/c1-11(2)14-7-5-6-12(3)18(14)20-25(21,22)17-9-8-16(24-17)15-10-23-13(4)19-15/h5-11,20H,1-4H3. The van der Waals surface area contributed by atoms with Crippen LogP contribution in [0.15, 0.2) is 39.9 Å². The molecular formula is C18H20N2O2S3. The molecule has 0 aliphatic rings. The van der Waals surface area contributed by atoms with Crippen molar-refractivity contribution in [3.63, 3.8) is 0 Å². The number of benzene rings is 1. The van der Waals surface area contributed by atoms with Gasteiger partial charge in [0, 0.05) is 5.38 Å². The first-order valence-electron chi connectivity index (χ1n) is 7.92. The monoisotopic (exact) mass is 392 g/mol. The minimum absolute atomic E-state index is 0.231. The normalized spacial score (nSPS) is 11.9. The van der Waals surface area contributed by atoms with Crippen molar-refractivity contribution in [2.45, 2.75) is 37.8 Å². The van der Waals surface area contributed by atoms with Crippen LogP contribution < -0.4 is 4.72 Å². The van der Waals surface area contributed by atoms with Gasteiger partial charge < -0.3 is 0 Å². The van der Waals surface area contributed by atoms with E-state index in [1.807, 2.05) is 43.5 Å². The molecule has 2 aromatic heterocycles. The van der Waals surface area contributed by atoms with E-state index in [4.69, 9.17) is 0 Å². The van der Waals surface area contributed by atoms with Crippen LogP contribution in [0.1, 0.15) is 35.9 Å². The molecule has 0 bridgehead atoms. The summed E-state index contributed by atoms with van der Waals surface area (Å²) in [5, 5.41) is 2.91. The van der Waals surface area contributed by atoms with Gasteiger partial charge in [-0.2, -0.15) is 0 Å². The Morgan fingerprint density at radius 3 is 2.52 bits per heavy atom. The fourth-order valence-electron chi connectivity index (χ4n) is 2.57. The number of nitrogens with zero attached hydrogens (tertiary/aromatic N) is 1. The molecule has 3 rings (SSSR count). The molecule has 7 heteroatoms. The zero-order valence-corrected chi connectivity index (χ0v) is 17.0. The molecule has 2 heterocycles. The summed E-state index contributed by atoms with van der Waals surface area (Å²) in [7, 11) is -3.63. The molecule has 0 saturated heterocycles. The molecular weight excluding hydrogens is 372 g/mol. The Balaban J connectivity index is 1.95. The first kappa shape index (κ1) is 18.1. The van der Waals surface area contributed by atoms with E-state index in [2.05, 4.69) is 23.6 Å². The number of aryl methyl sites for hydroxylation is 2. The third-order valence-corrected chi connectivity index (χ3v) is 7.60. The van der Waals surface area contributed by atoms with Crippen molar-refractivity contribution in [3.05, 3.63) is 51.8 Å². The van der Waals surface area contributed by atoms with Gasteiger partial charge in [-0.25, -0.2) is 13.4 Å². The van der Waals surface area contributed by atoms with Crippen molar-refractivity contribution in [1.82, 2.24) is 4.98 Å². The Labute approximate surface area is 156 Å². The first-order chi connectivity index (χ1) is 11.8. The number of hydrogen-bond acceptors (Lipinski definition) is 5. The van der Waals surface area contributed by atoms with Gasteiger partial charge >= 0.3 is 0 Å². The van der Waals surface area contributed by atoms with Crippen molar-refractivity contribution in [2.24, 2.45) is 0 Å². The van der Waals surface area contributed by atoms with Crippen LogP contribution in [-0.4, -0.2) is 13.4 Å². The van der Waals surface area contributed by atoms with Gasteiger partial charge in [-0.05, 0) is 43.0 Å². The van der Waals surface area contributed by atoms with E-state index < -0.39 is 10.0 Å². The lowest BCUT2D eigenvalue weighted by atomic mass is 9.99. The molecule has 4 nitrogen and oxygen atoms in total. The SMILES string of the molecule is Cc1nc(-c2ccc(S(=O)(=O)Nc3c(C)cccc3C(C)C)s2)cs1. The van der Waals surface area contributed by atoms with Crippen molar-refractivity contribution in [3.8, 4) is 10.6 Å². The number of aromatic nitrogens is 1. The molecule has 0 fully saturated rings. The molecule has 0 saturated carbocycles. The van der Waals surface area contributed by atoms with Gasteiger partial charge in [-0.3, -0.25) is 4.72 Å². The van der Waals surface area contributed by atoms with E-state index in [9.17, 15) is 8.42 Å². The molecule has 1 aromatic carbocycles. The summed E-state index contributed by atoms with van der Waals surface area (Å²) in [6.07, 6.45) is 0. The number of para-hydroxylation sites is 1. The highest BCUT2D eigenvalue weighted by molar-refractivity contribution is 7.94. The Bertz CT molecular complexity index is 1000. The fourth-order valence-corrected chi connectivity index (χ4v) is 5.69. The fraction of sp³-hybridized carbons (Fsp3) is 0.278. The maximum atomic E-state index is 12.9.